The highest BCUT2D eigenvalue weighted by molar-refractivity contribution is 8.76. The van der Waals surface area contributed by atoms with Gasteiger partial charge in [0.15, 0.2) is 17.1 Å². The Morgan fingerprint density at radius 2 is 1.26 bits per heavy atom. The van der Waals surface area contributed by atoms with Crippen molar-refractivity contribution in [2.45, 2.75) is 94.2 Å². The molecule has 6 unspecified atom stereocenters. The first-order chi connectivity index (χ1) is 47.5. The molecule has 40 heteroatoms. The lowest BCUT2D eigenvalue weighted by molar-refractivity contribution is -0.144. The second-order valence-corrected chi connectivity index (χ2v) is 24.5. The lowest BCUT2D eigenvalue weighted by Gasteiger charge is -2.26. The van der Waals surface area contributed by atoms with Gasteiger partial charge in [-0.3, -0.25) is 62.7 Å². The molecule has 0 radical (unpaired) electrons. The van der Waals surface area contributed by atoms with Crippen LogP contribution in [0.5, 0.6) is 11.6 Å². The Balaban J connectivity index is 1.02. The minimum atomic E-state index is -2.18. The summed E-state index contributed by atoms with van der Waals surface area (Å²) in [4.78, 5) is 185. The maximum atomic E-state index is 14.0. The van der Waals surface area contributed by atoms with E-state index in [-0.39, 0.29) is 61.0 Å². The van der Waals surface area contributed by atoms with E-state index in [4.69, 9.17) is 38.0 Å². The van der Waals surface area contributed by atoms with Crippen LogP contribution in [0.2, 0.25) is 5.02 Å². The topological polar surface area (TPSA) is 590 Å². The molecule has 0 saturated heterocycles. The molecule has 100 heavy (non-hydrogen) atoms. The number of fused-ring (bicyclic) bond motifs is 2. The number of nitrogens with zero attached hydrogens (tertiary/aromatic N) is 5. The number of carbonyl (C=O) groups is 13. The number of carboxylic acid groups (broad SMARTS) is 5. The third kappa shape index (κ3) is 23.9. The second kappa shape index (κ2) is 37.2. The van der Waals surface area contributed by atoms with Crippen molar-refractivity contribution in [2.24, 2.45) is 5.73 Å². The minimum Gasteiger partial charge on any atom is -0.497 e. The van der Waals surface area contributed by atoms with Gasteiger partial charge in [0.1, 0.15) is 48.6 Å². The zero-order valence-electron chi connectivity index (χ0n) is 52.6. The van der Waals surface area contributed by atoms with Gasteiger partial charge in [-0.2, -0.15) is 9.97 Å². The molecule has 0 aliphatic rings. The number of amides is 6. The second-order valence-electron chi connectivity index (χ2n) is 21.5. The van der Waals surface area contributed by atoms with Crippen LogP contribution < -0.4 is 58.7 Å². The van der Waals surface area contributed by atoms with Gasteiger partial charge >= 0.3 is 35.8 Å². The molecule has 0 aliphatic heterocycles. The van der Waals surface area contributed by atoms with E-state index in [2.05, 4.69) is 57.2 Å². The van der Waals surface area contributed by atoms with Crippen LogP contribution in [-0.2, 0) is 70.4 Å². The predicted octanol–water partition coefficient (Wildman–Crippen LogP) is -0.0486. The van der Waals surface area contributed by atoms with E-state index in [0.29, 0.717) is 44.2 Å². The van der Waals surface area contributed by atoms with Gasteiger partial charge in [-0.05, 0) is 91.6 Å². The van der Waals surface area contributed by atoms with Gasteiger partial charge in [0, 0.05) is 57.9 Å². The molecule has 0 spiro atoms. The first-order valence-corrected chi connectivity index (χ1v) is 32.6. The Morgan fingerprint density at radius 1 is 0.680 bits per heavy atom. The number of halogens is 1. The Kier molecular flexibility index (Phi) is 28.8. The van der Waals surface area contributed by atoms with Crippen LogP contribution in [0.25, 0.3) is 22.1 Å². The van der Waals surface area contributed by atoms with Crippen LogP contribution in [0.3, 0.4) is 0 Å². The molecule has 0 bridgehead atoms. The Hall–Kier alpha value is -11.6. The average molecular weight is 1450 g/mol. The number of nitrogens with one attached hydrogen (secondary N) is 9. The highest BCUT2D eigenvalue weighted by Crippen LogP contribution is 2.29. The fraction of sp³-hybridized carbons (Fsp3) is 0.333. The first kappa shape index (κ1) is 77.4. The van der Waals surface area contributed by atoms with Gasteiger partial charge in [0.25, 0.3) is 11.8 Å². The van der Waals surface area contributed by atoms with Crippen molar-refractivity contribution in [3.8, 4) is 11.6 Å². The fourth-order valence-corrected chi connectivity index (χ4v) is 11.3. The summed E-state index contributed by atoms with van der Waals surface area (Å²) in [7, 11) is 3.36. The summed E-state index contributed by atoms with van der Waals surface area (Å²) in [5.41, 5.74) is 13.0. The molecular formula is C60H67ClN16O21S2. The van der Waals surface area contributed by atoms with Crippen molar-refractivity contribution >= 4 is 150 Å². The standard InChI is InChI=1S/C60H67ClN16O21S2/c1-97-34-12-14-42-35(20-34)30(26-77(42)56(92)29-4-8-31(61)9-5-29)19-47(85)98-17-18-99-100-27-41(58(95)96)74-54(90)40(23-46(83)84)73-53(89)39(22-45(81)82)72-51(87)36(3-2-16-65-59(62)63)70-52(88)38(21-44(79)80)69-43(78)15-13-37(57(93)94)71-50(86)28-6-10-32(11-7-28)66-24-33-25-67-49-48(68-33)55(91)76-60(64)75-49/h4-12,14,20,25-26,36-41,66H,2-3,13,15-19,21-24,27H2,1H3,(H,69,78)(H,70,88)(H,71,86)(H,72,87)(H,73,89)(H,74,90)(H,79,80)(H,81,82)(H,83,84)(H,93,94)(H,95,96)(H4,62,63,65)(H3,64,67,75,76,91). The van der Waals surface area contributed by atoms with Gasteiger partial charge in [0.2, 0.25) is 41.4 Å². The van der Waals surface area contributed by atoms with Gasteiger partial charge in [0.05, 0.1) is 56.7 Å². The van der Waals surface area contributed by atoms with Gasteiger partial charge in [-0.15, -0.1) is 0 Å². The molecule has 37 nitrogen and oxygen atoms in total. The Labute approximate surface area is 577 Å². The quantitative estimate of drug-likeness (QED) is 0.00791. The zero-order valence-corrected chi connectivity index (χ0v) is 54.9. The summed E-state index contributed by atoms with van der Waals surface area (Å²) in [6.07, 6.45) is -2.93. The highest BCUT2D eigenvalue weighted by atomic mass is 35.5. The molecule has 3 heterocycles. The van der Waals surface area contributed by atoms with E-state index in [0.717, 1.165) is 21.6 Å². The number of nitrogens with two attached hydrogens (primary N) is 2. The molecule has 3 aromatic heterocycles. The monoisotopic (exact) mass is 1450 g/mol. The van der Waals surface area contributed by atoms with Crippen molar-refractivity contribution < 1.29 is 102 Å². The minimum absolute atomic E-state index is 0.00200. The predicted molar refractivity (Wildman–Crippen MR) is 356 cm³/mol. The first-order valence-electron chi connectivity index (χ1n) is 29.7. The van der Waals surface area contributed by atoms with Crippen molar-refractivity contribution in [3.63, 3.8) is 0 Å². The van der Waals surface area contributed by atoms with Crippen LogP contribution in [0.15, 0.2) is 79.1 Å². The molecule has 19 N–H and O–H groups in total. The number of benzene rings is 3. The van der Waals surface area contributed by atoms with E-state index >= 15 is 0 Å². The van der Waals surface area contributed by atoms with E-state index in [1.165, 1.54) is 48.3 Å². The Morgan fingerprint density at radius 3 is 1.85 bits per heavy atom. The van der Waals surface area contributed by atoms with Crippen molar-refractivity contribution in [3.05, 3.63) is 107 Å². The number of carboxylic acids is 5. The van der Waals surface area contributed by atoms with Gasteiger partial charge in [-0.1, -0.05) is 33.2 Å². The van der Waals surface area contributed by atoms with Crippen LogP contribution >= 0.6 is 33.2 Å². The third-order valence-electron chi connectivity index (χ3n) is 14.1. The number of nitrogen functional groups attached to an aromatic ring is 1. The molecule has 0 saturated carbocycles. The van der Waals surface area contributed by atoms with Crippen molar-refractivity contribution in [1.82, 2.24) is 61.7 Å². The maximum Gasteiger partial charge on any atom is 0.327 e. The SMILES string of the molecule is COc1ccc2c(c1)c(CC(=O)OCCSSCC(NC(=O)C(CC(=O)O)NC(=O)C(CC(=O)O)NC(=O)C(CCCNC(=N)N)NC(=O)C(CC(=O)O)NC(=O)CCC(NC(=O)c1ccc(NCc3cnc4nc(N)nc(O)c4n3)cc1)C(=O)O)C(=O)O)cn2C(=O)c1ccc(Cl)cc1. The van der Waals surface area contributed by atoms with Gasteiger partial charge < -0.3 is 94.1 Å². The molecule has 6 amide bonds. The summed E-state index contributed by atoms with van der Waals surface area (Å²) < 4.78 is 12.1. The molecule has 0 aliphatic carbocycles. The highest BCUT2D eigenvalue weighted by Gasteiger charge is 2.35. The summed E-state index contributed by atoms with van der Waals surface area (Å²) >= 11 is 6.00. The summed E-state index contributed by atoms with van der Waals surface area (Å²) in [5, 5.41) is 86.0. The number of hydrogen-bond acceptors (Lipinski definition) is 25. The number of rotatable bonds is 39. The number of aliphatic carboxylic acids is 5. The third-order valence-corrected chi connectivity index (χ3v) is 16.7. The molecule has 6 aromatic rings. The number of carbonyl (C=O) groups excluding carboxylic acids is 8. The maximum absolute atomic E-state index is 14.0. The average Bonchev–Trinajstić information content (AvgIpc) is 1.61. The number of anilines is 2. The summed E-state index contributed by atoms with van der Waals surface area (Å²) in [5.74, 6) is -18.0. The molecule has 6 rings (SSSR count). The number of aromatic hydroxyl groups is 1. The zero-order chi connectivity index (χ0) is 73.3. The number of esters is 1. The molecule has 6 atom stereocenters. The molecule has 0 fully saturated rings. The normalized spacial score (nSPS) is 12.7. The van der Waals surface area contributed by atoms with E-state index in [9.17, 15) is 93.0 Å². The fourth-order valence-electron chi connectivity index (χ4n) is 9.23. The van der Waals surface area contributed by atoms with E-state index < -0.39 is 170 Å². The van der Waals surface area contributed by atoms with Crippen molar-refractivity contribution in [2.75, 3.05) is 42.8 Å². The van der Waals surface area contributed by atoms with Crippen LogP contribution in [0, 0.1) is 5.41 Å². The van der Waals surface area contributed by atoms with Gasteiger partial charge in [-0.25, -0.2) is 19.6 Å². The van der Waals surface area contributed by atoms with E-state index in [1.807, 2.05) is 5.32 Å². The number of ether oxygens (including phenoxy) is 2. The lowest BCUT2D eigenvalue weighted by Crippen LogP contribution is -2.59. The molecule has 3 aromatic carbocycles. The van der Waals surface area contributed by atoms with Crippen molar-refractivity contribution in [1.29, 1.82) is 5.41 Å². The number of hydrogen-bond donors (Lipinski definition) is 17. The van der Waals surface area contributed by atoms with Crippen LogP contribution in [0.4, 0.5) is 11.6 Å². The lowest BCUT2D eigenvalue weighted by atomic mass is 10.1. The molecular weight excluding hydrogens is 1380 g/mol. The molecule has 532 valence electrons. The number of methoxy groups -OCH3 is 1. The number of guanidine groups is 1. The van der Waals surface area contributed by atoms with E-state index in [1.54, 1.807) is 42.5 Å². The Bertz CT molecular complexity index is 4080. The largest absolute Gasteiger partial charge is 0.497 e. The smallest absolute Gasteiger partial charge is 0.327 e. The summed E-state index contributed by atoms with van der Waals surface area (Å²) in [6.45, 7) is -0.238. The van der Waals surface area contributed by atoms with Crippen LogP contribution in [-0.4, -0.2) is 206 Å². The number of aromatic nitrogens is 5. The summed E-state index contributed by atoms with van der Waals surface area (Å²) in [6, 6.07) is 5.21. The van der Waals surface area contributed by atoms with Crippen LogP contribution in [0.1, 0.15) is 76.9 Å².